The second-order valence-corrected chi connectivity index (χ2v) is 3.11. The molecule has 1 aromatic rings. The zero-order valence-electron chi connectivity index (χ0n) is 10.8. The maximum Gasteiger partial charge on any atom is 0.255 e. The van der Waals surface area contributed by atoms with Gasteiger partial charge in [-0.25, -0.2) is 8.78 Å². The van der Waals surface area contributed by atoms with Gasteiger partial charge in [-0.2, -0.15) is 0 Å². The molecule has 0 bridgehead atoms. The van der Waals surface area contributed by atoms with Gasteiger partial charge < -0.3 is 15.8 Å². The lowest BCUT2D eigenvalue weighted by atomic mass is 10.1. The van der Waals surface area contributed by atoms with Crippen molar-refractivity contribution in [1.82, 2.24) is 0 Å². The number of nitrogens with two attached hydrogens (primary N) is 1. The molecule has 0 amide bonds. The highest BCUT2D eigenvalue weighted by molar-refractivity contribution is 5.98. The fourth-order valence-electron chi connectivity index (χ4n) is 1.20. The molecule has 0 saturated heterocycles. The number of anilines is 2. The van der Waals surface area contributed by atoms with Crippen molar-refractivity contribution in [1.29, 1.82) is 5.41 Å². The third-order valence-electron chi connectivity index (χ3n) is 1.94. The van der Waals surface area contributed by atoms with Gasteiger partial charge in [0.05, 0.1) is 19.2 Å². The number of nitrogen functional groups attached to an aromatic ring is 1. The smallest absolute Gasteiger partial charge is 0.255 e. The van der Waals surface area contributed by atoms with Crippen LogP contribution in [0.15, 0.2) is 18.2 Å². The Morgan fingerprint density at radius 3 is 2.56 bits per heavy atom. The summed E-state index contributed by atoms with van der Waals surface area (Å²) < 4.78 is 28.8. The van der Waals surface area contributed by atoms with Crippen LogP contribution in [0.4, 0.5) is 20.2 Å². The molecule has 4 N–H and O–H groups in total. The number of methoxy groups -OCH3 is 1. The Bertz CT molecular complexity index is 384. The number of hydrogen-bond acceptors (Lipinski definition) is 4. The fraction of sp³-hybridized carbons (Fsp3) is 0.417. The lowest BCUT2D eigenvalue weighted by Gasteiger charge is -2.12. The van der Waals surface area contributed by atoms with Gasteiger partial charge in [0.2, 0.25) is 5.90 Å². The zero-order valence-corrected chi connectivity index (χ0v) is 10.8. The average molecular weight is 259 g/mol. The minimum Gasteiger partial charge on any atom is -0.481 e. The van der Waals surface area contributed by atoms with Crippen LogP contribution in [0.2, 0.25) is 0 Å². The summed E-state index contributed by atoms with van der Waals surface area (Å²) in [7, 11) is 1.34. The second kappa shape index (κ2) is 8.27. The second-order valence-electron chi connectivity index (χ2n) is 3.11. The lowest BCUT2D eigenvalue weighted by molar-refractivity contribution is 0.163. The van der Waals surface area contributed by atoms with Crippen molar-refractivity contribution >= 4 is 17.3 Å². The maximum atomic E-state index is 12.0. The number of hydrogen-bond donors (Lipinski definition) is 3. The van der Waals surface area contributed by atoms with Gasteiger partial charge in [0.25, 0.3) is 6.43 Å². The summed E-state index contributed by atoms with van der Waals surface area (Å²) in [6.45, 7) is 3.52. The monoisotopic (exact) mass is 259 g/mol. The van der Waals surface area contributed by atoms with E-state index in [0.29, 0.717) is 16.9 Å². The van der Waals surface area contributed by atoms with E-state index in [0.717, 1.165) is 0 Å². The van der Waals surface area contributed by atoms with Crippen molar-refractivity contribution < 1.29 is 13.5 Å². The van der Waals surface area contributed by atoms with Crippen molar-refractivity contribution in [2.75, 3.05) is 24.7 Å². The van der Waals surface area contributed by atoms with Crippen molar-refractivity contribution in [2.45, 2.75) is 20.3 Å². The summed E-state index contributed by atoms with van der Waals surface area (Å²) in [4.78, 5) is 0. The molecule has 102 valence electrons. The molecule has 0 aliphatic heterocycles. The molecule has 1 rings (SSSR count). The van der Waals surface area contributed by atoms with Crippen LogP contribution in [-0.4, -0.2) is 26.0 Å². The van der Waals surface area contributed by atoms with Gasteiger partial charge in [0.1, 0.15) is 0 Å². The molecule has 0 heterocycles. The molecule has 0 unspecified atom stereocenters. The molecular weight excluding hydrogens is 240 g/mol. The maximum absolute atomic E-state index is 12.0. The molecule has 0 spiro atoms. The Kier molecular flexibility index (Phi) is 7.42. The van der Waals surface area contributed by atoms with Crippen LogP contribution in [0.25, 0.3) is 0 Å². The van der Waals surface area contributed by atoms with E-state index in [9.17, 15) is 8.78 Å². The van der Waals surface area contributed by atoms with Gasteiger partial charge in [0.15, 0.2) is 0 Å². The van der Waals surface area contributed by atoms with Crippen LogP contribution in [0.5, 0.6) is 0 Å². The normalized spacial score (nSPS) is 9.44. The molecule has 0 atom stereocenters. The summed E-state index contributed by atoms with van der Waals surface area (Å²) in [6.07, 6.45) is -2.46. The van der Waals surface area contributed by atoms with Gasteiger partial charge in [-0.15, -0.1) is 0 Å². The predicted octanol–water partition coefficient (Wildman–Crippen LogP) is 2.94. The molecule has 0 aromatic heterocycles. The van der Waals surface area contributed by atoms with Gasteiger partial charge in [-0.05, 0) is 18.2 Å². The number of rotatable bonds is 4. The highest BCUT2D eigenvalue weighted by Gasteiger charge is 2.10. The van der Waals surface area contributed by atoms with E-state index in [2.05, 4.69) is 5.32 Å². The molecule has 6 heteroatoms. The molecule has 0 aliphatic carbocycles. The van der Waals surface area contributed by atoms with Crippen molar-refractivity contribution in [3.05, 3.63) is 23.8 Å². The Morgan fingerprint density at radius 1 is 1.44 bits per heavy atom. The predicted molar refractivity (Wildman–Crippen MR) is 70.5 cm³/mol. The number of nitrogens with one attached hydrogen (secondary N) is 2. The minimum absolute atomic E-state index is 0.121. The molecule has 0 radical (unpaired) electrons. The number of benzene rings is 1. The molecule has 0 saturated carbocycles. The van der Waals surface area contributed by atoms with E-state index in [1.54, 1.807) is 12.1 Å². The van der Waals surface area contributed by atoms with Crippen LogP contribution in [0.1, 0.15) is 19.4 Å². The van der Waals surface area contributed by atoms with E-state index in [-0.39, 0.29) is 5.90 Å². The van der Waals surface area contributed by atoms with Gasteiger partial charge in [0, 0.05) is 11.4 Å². The largest absolute Gasteiger partial charge is 0.481 e. The molecule has 1 aromatic carbocycles. The Labute approximate surface area is 106 Å². The summed E-state index contributed by atoms with van der Waals surface area (Å²) in [6, 6.07) is 4.61. The van der Waals surface area contributed by atoms with Crippen LogP contribution >= 0.6 is 0 Å². The van der Waals surface area contributed by atoms with E-state index in [1.807, 2.05) is 13.8 Å². The minimum atomic E-state index is -2.46. The lowest BCUT2D eigenvalue weighted by Crippen LogP contribution is -2.14. The summed E-state index contributed by atoms with van der Waals surface area (Å²) in [5, 5.41) is 10.0. The van der Waals surface area contributed by atoms with Gasteiger partial charge in [-0.3, -0.25) is 5.41 Å². The number of halogens is 2. The molecular formula is C12H19F2N3O. The first kappa shape index (κ1) is 16.1. The quantitative estimate of drug-likeness (QED) is 0.442. The average Bonchev–Trinajstić information content (AvgIpc) is 2.38. The zero-order chi connectivity index (χ0) is 14.1. The fourth-order valence-corrected chi connectivity index (χ4v) is 1.20. The first-order chi connectivity index (χ1) is 8.54. The van der Waals surface area contributed by atoms with Crippen LogP contribution < -0.4 is 11.1 Å². The summed E-state index contributed by atoms with van der Waals surface area (Å²) >= 11 is 0. The van der Waals surface area contributed by atoms with Crippen molar-refractivity contribution in [2.24, 2.45) is 0 Å². The third kappa shape index (κ3) is 4.99. The van der Waals surface area contributed by atoms with E-state index in [4.69, 9.17) is 15.9 Å². The van der Waals surface area contributed by atoms with Crippen LogP contribution in [0.3, 0.4) is 0 Å². The van der Waals surface area contributed by atoms with Crippen LogP contribution in [0, 0.1) is 5.41 Å². The summed E-state index contributed by atoms with van der Waals surface area (Å²) in [5.41, 5.74) is 6.76. The van der Waals surface area contributed by atoms with E-state index >= 15 is 0 Å². The Morgan fingerprint density at radius 2 is 2.06 bits per heavy atom. The molecule has 0 aliphatic rings. The highest BCUT2D eigenvalue weighted by Crippen LogP contribution is 2.20. The molecule has 4 nitrogen and oxygen atoms in total. The van der Waals surface area contributed by atoms with E-state index in [1.165, 1.54) is 13.2 Å². The van der Waals surface area contributed by atoms with Crippen molar-refractivity contribution in [3.8, 4) is 0 Å². The van der Waals surface area contributed by atoms with Gasteiger partial charge in [-0.1, -0.05) is 13.8 Å². The first-order valence-electron chi connectivity index (χ1n) is 5.59. The Hall–Kier alpha value is -1.85. The van der Waals surface area contributed by atoms with Crippen LogP contribution in [-0.2, 0) is 4.74 Å². The van der Waals surface area contributed by atoms with Crippen molar-refractivity contribution in [3.63, 3.8) is 0 Å². The third-order valence-corrected chi connectivity index (χ3v) is 1.94. The Balaban J connectivity index is 0.00000137. The SMILES string of the molecule is CC.COC(=N)c1cc(N)ccc1NCC(F)F. The standard InChI is InChI=1S/C10H13F2N3O.C2H6/c1-16-10(14)7-4-6(13)2-3-8(7)15-5-9(11)12;1-2/h2-4,9,14-15H,5,13H2,1H3;1-2H3. The molecule has 18 heavy (non-hydrogen) atoms. The first-order valence-corrected chi connectivity index (χ1v) is 5.59. The van der Waals surface area contributed by atoms with Gasteiger partial charge >= 0.3 is 0 Å². The molecule has 0 fully saturated rings. The number of ether oxygens (including phenoxy) is 1. The highest BCUT2D eigenvalue weighted by atomic mass is 19.3. The van der Waals surface area contributed by atoms with E-state index < -0.39 is 13.0 Å². The topological polar surface area (TPSA) is 71.1 Å². The summed E-state index contributed by atoms with van der Waals surface area (Å²) in [5.74, 6) is -0.121. The number of alkyl halides is 2.